The summed E-state index contributed by atoms with van der Waals surface area (Å²) in [6.45, 7) is 5.50. The Morgan fingerprint density at radius 1 is 1.80 bits per heavy atom. The highest BCUT2D eigenvalue weighted by Gasteiger charge is 1.36. The van der Waals surface area contributed by atoms with E-state index in [9.17, 15) is 0 Å². The molecule has 0 spiro atoms. The molecule has 0 aliphatic carbocycles. The number of hydrogen-bond acceptors (Lipinski definition) is 1. The van der Waals surface area contributed by atoms with E-state index in [4.69, 9.17) is 4.16 Å². The van der Waals surface area contributed by atoms with Crippen LogP contribution in [0.1, 0.15) is 13.3 Å². The molecule has 0 aromatic carbocycles. The van der Waals surface area contributed by atoms with E-state index in [0.29, 0.717) is 16.6 Å². The van der Waals surface area contributed by atoms with Crippen LogP contribution in [0.5, 0.6) is 0 Å². The Morgan fingerprint density at radius 2 is 1.80 bits per heavy atom. The highest BCUT2D eigenvalue weighted by molar-refractivity contribution is 5.95. The third-order valence-electron chi connectivity index (χ3n) is 0. The van der Waals surface area contributed by atoms with Gasteiger partial charge < -0.3 is 4.16 Å². The molecule has 0 aliphatic heterocycles. The fraction of sp³-hybridized carbons (Fsp3) is 0.667. The van der Waals surface area contributed by atoms with Crippen molar-refractivity contribution in [1.29, 1.82) is 0 Å². The molecule has 0 fully saturated rings. The van der Waals surface area contributed by atoms with Gasteiger partial charge in [-0.25, -0.2) is 0 Å². The normalized spacial score (nSPS) is 4.60. The Morgan fingerprint density at radius 3 is 1.80 bits per heavy atom. The van der Waals surface area contributed by atoms with Gasteiger partial charge in [-0.15, -0.1) is 0 Å². The van der Waals surface area contributed by atoms with Crippen LogP contribution in [0.3, 0.4) is 0 Å². The van der Waals surface area contributed by atoms with Crippen LogP contribution in [0.15, 0.2) is 0 Å². The second-order valence-electron chi connectivity index (χ2n) is 0.500. The predicted octanol–water partition coefficient (Wildman–Crippen LogP) is -0.243. The van der Waals surface area contributed by atoms with Crippen LogP contribution in [0.4, 0.5) is 0 Å². The van der Waals surface area contributed by atoms with E-state index in [2.05, 4.69) is 6.92 Å². The van der Waals surface area contributed by atoms with Gasteiger partial charge in [-0.2, -0.15) is 0 Å². The SMILES string of the molecule is [CH2]CC.[OH][AlH2]. The third kappa shape index (κ3) is 115. The van der Waals surface area contributed by atoms with Crippen molar-refractivity contribution in [1.82, 2.24) is 0 Å². The lowest BCUT2D eigenvalue weighted by molar-refractivity contribution is 0.629. The van der Waals surface area contributed by atoms with E-state index in [0.717, 1.165) is 6.42 Å². The molecule has 0 aromatic heterocycles. The van der Waals surface area contributed by atoms with Crippen LogP contribution < -0.4 is 0 Å². The smallest absolute Gasteiger partial charge is 0.407 e. The van der Waals surface area contributed by atoms with Gasteiger partial charge in [0.1, 0.15) is 0 Å². The molecular weight excluding hydrogens is 79.0 g/mol. The minimum Gasteiger partial charge on any atom is -0.521 e. The van der Waals surface area contributed by atoms with Gasteiger partial charge in [0, 0.05) is 0 Å². The molecule has 0 saturated carbocycles. The molecule has 1 radical (unpaired) electrons. The predicted molar refractivity (Wildman–Crippen MR) is 26.4 cm³/mol. The highest BCUT2D eigenvalue weighted by atomic mass is 27.1. The van der Waals surface area contributed by atoms with Crippen molar-refractivity contribution in [3.05, 3.63) is 6.92 Å². The molecule has 1 N–H and O–H groups in total. The quantitative estimate of drug-likeness (QED) is 0.406. The largest absolute Gasteiger partial charge is 0.521 e. The first-order valence-corrected chi connectivity index (χ1v) is 2.55. The second kappa shape index (κ2) is 24.6. The van der Waals surface area contributed by atoms with Gasteiger partial charge in [-0.1, -0.05) is 20.3 Å². The Kier molecular flexibility index (Phi) is 44.7. The second-order valence-corrected chi connectivity index (χ2v) is 0.500. The first-order chi connectivity index (χ1) is 2.41. The Hall–Kier alpha value is 0.492. The summed E-state index contributed by atoms with van der Waals surface area (Å²) in [7, 11) is 0. The van der Waals surface area contributed by atoms with Crippen molar-refractivity contribution in [2.75, 3.05) is 0 Å². The molecule has 1 nitrogen and oxygen atoms in total. The van der Waals surface area contributed by atoms with Crippen molar-refractivity contribution in [2.45, 2.75) is 13.3 Å². The zero-order valence-corrected chi connectivity index (χ0v) is 5.86. The molecule has 0 heterocycles. The first-order valence-electron chi connectivity index (χ1n) is 1.65. The summed E-state index contributed by atoms with van der Waals surface area (Å²) in [5, 5.41) is 0. The van der Waals surface area contributed by atoms with Crippen LogP contribution in [-0.2, 0) is 0 Å². The zero-order valence-electron chi connectivity index (χ0n) is 3.86. The van der Waals surface area contributed by atoms with Crippen LogP contribution in [0.25, 0.3) is 0 Å². The molecule has 0 unspecified atom stereocenters. The monoisotopic (exact) mass is 89.1 g/mol. The van der Waals surface area contributed by atoms with Gasteiger partial charge in [0.05, 0.1) is 0 Å². The summed E-state index contributed by atoms with van der Waals surface area (Å²) < 4.78 is 7.14. The maximum Gasteiger partial charge on any atom is 0.407 e. The highest BCUT2D eigenvalue weighted by Crippen LogP contribution is 1.54. The lowest BCUT2D eigenvalue weighted by Gasteiger charge is -1.47. The van der Waals surface area contributed by atoms with Crippen LogP contribution >= 0.6 is 0 Å². The molecule has 0 bridgehead atoms. The van der Waals surface area contributed by atoms with Crippen LogP contribution in [-0.4, -0.2) is 20.8 Å². The molecule has 0 amide bonds. The van der Waals surface area contributed by atoms with Crippen molar-refractivity contribution < 1.29 is 4.16 Å². The lowest BCUT2D eigenvalue weighted by Crippen LogP contribution is -1.34. The van der Waals surface area contributed by atoms with E-state index >= 15 is 0 Å². The van der Waals surface area contributed by atoms with Crippen LogP contribution in [0.2, 0.25) is 0 Å². The molecular formula is C3H10AlO. The fourth-order valence-electron chi connectivity index (χ4n) is 0. The van der Waals surface area contributed by atoms with E-state index in [1.165, 1.54) is 0 Å². The van der Waals surface area contributed by atoms with E-state index in [1.54, 1.807) is 0 Å². The van der Waals surface area contributed by atoms with Crippen molar-refractivity contribution in [3.8, 4) is 0 Å². The van der Waals surface area contributed by atoms with E-state index < -0.39 is 0 Å². The van der Waals surface area contributed by atoms with Crippen molar-refractivity contribution >= 4 is 16.6 Å². The van der Waals surface area contributed by atoms with Crippen LogP contribution in [0, 0.1) is 6.92 Å². The summed E-state index contributed by atoms with van der Waals surface area (Å²) in [4.78, 5) is 0. The summed E-state index contributed by atoms with van der Waals surface area (Å²) in [5.74, 6) is 0. The fourth-order valence-corrected chi connectivity index (χ4v) is 0. The van der Waals surface area contributed by atoms with Gasteiger partial charge in [-0.3, -0.25) is 0 Å². The van der Waals surface area contributed by atoms with Gasteiger partial charge in [0.2, 0.25) is 0 Å². The summed E-state index contributed by atoms with van der Waals surface area (Å²) in [5.41, 5.74) is 0. The third-order valence-corrected chi connectivity index (χ3v) is 0. The van der Waals surface area contributed by atoms with Crippen molar-refractivity contribution in [3.63, 3.8) is 0 Å². The Bertz CT molecular complexity index is 6.85. The molecule has 2 heteroatoms. The zero-order chi connectivity index (χ0) is 4.71. The lowest BCUT2D eigenvalue weighted by atomic mass is 10.6. The molecule has 0 aliphatic rings. The number of rotatable bonds is 0. The topological polar surface area (TPSA) is 20.2 Å². The molecule has 0 atom stereocenters. The van der Waals surface area contributed by atoms with E-state index in [1.807, 2.05) is 6.92 Å². The summed E-state index contributed by atoms with van der Waals surface area (Å²) in [6.07, 6.45) is 1.00. The van der Waals surface area contributed by atoms with Gasteiger partial charge in [0.25, 0.3) is 0 Å². The van der Waals surface area contributed by atoms with E-state index in [-0.39, 0.29) is 0 Å². The molecule has 31 valence electrons. The maximum atomic E-state index is 7.14. The van der Waals surface area contributed by atoms with Gasteiger partial charge in [0.15, 0.2) is 0 Å². The summed E-state index contributed by atoms with van der Waals surface area (Å²) in [6, 6.07) is 0. The van der Waals surface area contributed by atoms with Gasteiger partial charge in [-0.05, 0) is 0 Å². The standard InChI is InChI=1S/C3H7.Al.H2O.2H/c1-3-2;;;;/h1,3H2,2H3;;1H2;;/q;+1;;;/p-1. The molecule has 0 rings (SSSR count). The number of hydrogen-bond donors (Lipinski definition) is 1. The Labute approximate surface area is 41.8 Å². The maximum absolute atomic E-state index is 7.14. The van der Waals surface area contributed by atoms with Crippen molar-refractivity contribution in [2.24, 2.45) is 0 Å². The Balaban J connectivity index is 0. The summed E-state index contributed by atoms with van der Waals surface area (Å²) >= 11 is 0.306. The average Bonchev–Trinajstić information content (AvgIpc) is 1.46. The molecule has 5 heavy (non-hydrogen) atoms. The first kappa shape index (κ1) is 9.09. The molecule has 0 aromatic rings. The minimum absolute atomic E-state index is 0.306. The average molecular weight is 89.1 g/mol. The molecule has 0 saturated heterocycles. The minimum atomic E-state index is 0.306. The van der Waals surface area contributed by atoms with Gasteiger partial charge >= 0.3 is 16.6 Å².